The average molecular weight is 324 g/mol. The third kappa shape index (κ3) is 2.56. The van der Waals surface area contributed by atoms with E-state index in [0.29, 0.717) is 5.92 Å². The molecule has 1 aromatic carbocycles. The number of aliphatic hydroxyl groups excluding tert-OH is 1. The van der Waals surface area contributed by atoms with Gasteiger partial charge < -0.3 is 10.0 Å². The minimum absolute atomic E-state index is 0.0543. The Bertz CT molecular complexity index is 474. The van der Waals surface area contributed by atoms with E-state index in [-0.39, 0.29) is 24.5 Å². The molecule has 0 radical (unpaired) electrons. The van der Waals surface area contributed by atoms with E-state index >= 15 is 0 Å². The first-order valence-corrected chi connectivity index (χ1v) is 7.67. The van der Waals surface area contributed by atoms with Gasteiger partial charge in [0.2, 0.25) is 5.91 Å². The Balaban J connectivity index is 1.66. The zero-order valence-corrected chi connectivity index (χ0v) is 12.3. The molecule has 0 bridgehead atoms. The zero-order valence-electron chi connectivity index (χ0n) is 10.8. The quantitative estimate of drug-likeness (QED) is 0.928. The molecule has 3 atom stereocenters. The first-order chi connectivity index (χ1) is 9.20. The highest BCUT2D eigenvalue weighted by Gasteiger charge is 2.47. The van der Waals surface area contributed by atoms with Gasteiger partial charge in [-0.25, -0.2) is 0 Å². The first kappa shape index (κ1) is 13.1. The van der Waals surface area contributed by atoms with Gasteiger partial charge in [-0.05, 0) is 42.9 Å². The van der Waals surface area contributed by atoms with Gasteiger partial charge in [-0.15, -0.1) is 0 Å². The maximum atomic E-state index is 12.4. The Hall–Kier alpha value is -0.870. The van der Waals surface area contributed by atoms with Crippen LogP contribution in [0.1, 0.15) is 30.7 Å². The molecule has 0 unspecified atom stereocenters. The van der Waals surface area contributed by atoms with E-state index in [4.69, 9.17) is 0 Å². The van der Waals surface area contributed by atoms with Gasteiger partial charge >= 0.3 is 0 Å². The zero-order chi connectivity index (χ0) is 13.4. The number of benzene rings is 1. The van der Waals surface area contributed by atoms with Crippen molar-refractivity contribution in [2.45, 2.75) is 31.2 Å². The molecule has 1 N–H and O–H groups in total. The number of carbonyl (C=O) groups excluding carboxylic acids is 1. The summed E-state index contributed by atoms with van der Waals surface area (Å²) >= 11 is 3.43. The number of hydrogen-bond acceptors (Lipinski definition) is 2. The van der Waals surface area contributed by atoms with Gasteiger partial charge in [-0.2, -0.15) is 0 Å². The highest BCUT2D eigenvalue weighted by Crippen LogP contribution is 2.49. The molecule has 1 saturated heterocycles. The van der Waals surface area contributed by atoms with Crippen molar-refractivity contribution in [3.8, 4) is 0 Å². The summed E-state index contributed by atoms with van der Waals surface area (Å²) < 4.78 is 1.07. The van der Waals surface area contributed by atoms with Crippen LogP contribution in [0.25, 0.3) is 0 Å². The van der Waals surface area contributed by atoms with Gasteiger partial charge in [-0.3, -0.25) is 4.79 Å². The Morgan fingerprint density at radius 3 is 2.79 bits per heavy atom. The number of carbonyl (C=O) groups is 1. The van der Waals surface area contributed by atoms with Crippen LogP contribution in [0, 0.1) is 5.92 Å². The molecule has 1 aliphatic heterocycles. The van der Waals surface area contributed by atoms with E-state index in [1.807, 2.05) is 17.0 Å². The van der Waals surface area contributed by atoms with Crippen molar-refractivity contribution in [1.82, 2.24) is 4.90 Å². The second-order valence-corrected chi connectivity index (χ2v) is 6.43. The summed E-state index contributed by atoms with van der Waals surface area (Å²) in [5.74, 6) is 0.748. The molecule has 19 heavy (non-hydrogen) atoms. The van der Waals surface area contributed by atoms with Crippen LogP contribution in [-0.4, -0.2) is 35.1 Å². The standard InChI is InChI=1S/C15H18BrNO2/c16-11-5-3-10(4-6-11)13-8-14(13)15(19)17-7-1-2-12(17)9-18/h3-6,12-14,18H,1-2,7-9H2/t12-,13-,14-/m1/s1. The van der Waals surface area contributed by atoms with Crippen molar-refractivity contribution < 1.29 is 9.90 Å². The lowest BCUT2D eigenvalue weighted by Crippen LogP contribution is -2.38. The van der Waals surface area contributed by atoms with Crippen LogP contribution in [0.3, 0.4) is 0 Å². The van der Waals surface area contributed by atoms with Gasteiger partial charge in [0.1, 0.15) is 0 Å². The third-order valence-corrected chi connectivity index (χ3v) is 4.81. The third-order valence-electron chi connectivity index (χ3n) is 4.28. The second-order valence-electron chi connectivity index (χ2n) is 5.51. The molecular weight excluding hydrogens is 306 g/mol. The molecule has 1 saturated carbocycles. The molecule has 2 aliphatic rings. The van der Waals surface area contributed by atoms with Crippen molar-refractivity contribution >= 4 is 21.8 Å². The fourth-order valence-electron chi connectivity index (χ4n) is 3.07. The Morgan fingerprint density at radius 1 is 1.37 bits per heavy atom. The van der Waals surface area contributed by atoms with Crippen LogP contribution < -0.4 is 0 Å². The molecule has 4 heteroatoms. The fourth-order valence-corrected chi connectivity index (χ4v) is 3.34. The second kappa shape index (κ2) is 5.25. The van der Waals surface area contributed by atoms with Crippen molar-refractivity contribution in [3.63, 3.8) is 0 Å². The van der Waals surface area contributed by atoms with Crippen LogP contribution in [-0.2, 0) is 4.79 Å². The fraction of sp³-hybridized carbons (Fsp3) is 0.533. The monoisotopic (exact) mass is 323 g/mol. The molecule has 1 heterocycles. The van der Waals surface area contributed by atoms with Crippen molar-refractivity contribution in [1.29, 1.82) is 0 Å². The van der Waals surface area contributed by atoms with E-state index < -0.39 is 0 Å². The molecule has 3 nitrogen and oxygen atoms in total. The number of likely N-dealkylation sites (tertiary alicyclic amines) is 1. The van der Waals surface area contributed by atoms with Gasteiger partial charge in [0.15, 0.2) is 0 Å². The highest BCUT2D eigenvalue weighted by atomic mass is 79.9. The Morgan fingerprint density at radius 2 is 2.11 bits per heavy atom. The first-order valence-electron chi connectivity index (χ1n) is 6.87. The van der Waals surface area contributed by atoms with Crippen molar-refractivity contribution in [2.75, 3.05) is 13.2 Å². The number of nitrogens with zero attached hydrogens (tertiary/aromatic N) is 1. The summed E-state index contributed by atoms with van der Waals surface area (Å²) in [6.45, 7) is 0.912. The maximum absolute atomic E-state index is 12.4. The summed E-state index contributed by atoms with van der Waals surface area (Å²) in [5.41, 5.74) is 1.25. The van der Waals surface area contributed by atoms with Gasteiger partial charge in [0.25, 0.3) is 0 Å². The number of halogens is 1. The molecule has 1 aliphatic carbocycles. The van der Waals surface area contributed by atoms with Crippen molar-refractivity contribution in [2.24, 2.45) is 5.92 Å². The lowest BCUT2D eigenvalue weighted by atomic mass is 10.1. The SMILES string of the molecule is O=C([C@@H]1C[C@@H]1c1ccc(Br)cc1)N1CCC[C@@H]1CO. The van der Waals surface area contributed by atoms with E-state index in [2.05, 4.69) is 28.1 Å². The number of aliphatic hydroxyl groups is 1. The van der Waals surface area contributed by atoms with Gasteiger partial charge in [0, 0.05) is 16.9 Å². The predicted octanol–water partition coefficient (Wildman–Crippen LogP) is 2.54. The van der Waals surface area contributed by atoms with E-state index in [0.717, 1.165) is 30.3 Å². The van der Waals surface area contributed by atoms with Crippen molar-refractivity contribution in [3.05, 3.63) is 34.3 Å². The molecule has 2 fully saturated rings. The summed E-state index contributed by atoms with van der Waals surface area (Å²) in [7, 11) is 0. The summed E-state index contributed by atoms with van der Waals surface area (Å²) in [5, 5.41) is 9.30. The Kier molecular flexibility index (Phi) is 3.63. The molecule has 0 spiro atoms. The van der Waals surface area contributed by atoms with Gasteiger partial charge in [0.05, 0.1) is 12.6 Å². The van der Waals surface area contributed by atoms with E-state index in [1.165, 1.54) is 5.56 Å². The van der Waals surface area contributed by atoms with Crippen LogP contribution in [0.15, 0.2) is 28.7 Å². The summed E-state index contributed by atoms with van der Waals surface area (Å²) in [6, 6.07) is 8.30. The molecular formula is C15H18BrNO2. The molecule has 0 aromatic heterocycles. The van der Waals surface area contributed by atoms with E-state index in [1.54, 1.807) is 0 Å². The minimum Gasteiger partial charge on any atom is -0.394 e. The minimum atomic E-state index is 0.0543. The van der Waals surface area contributed by atoms with Crippen LogP contribution in [0.4, 0.5) is 0 Å². The summed E-state index contributed by atoms with van der Waals surface area (Å²) in [6.07, 6.45) is 2.92. The highest BCUT2D eigenvalue weighted by molar-refractivity contribution is 9.10. The molecule has 1 aromatic rings. The number of amides is 1. The lowest BCUT2D eigenvalue weighted by Gasteiger charge is -2.23. The number of rotatable bonds is 3. The smallest absolute Gasteiger partial charge is 0.226 e. The largest absolute Gasteiger partial charge is 0.394 e. The van der Waals surface area contributed by atoms with Crippen LogP contribution in [0.5, 0.6) is 0 Å². The average Bonchev–Trinajstić information content (AvgIpc) is 3.07. The number of hydrogen-bond donors (Lipinski definition) is 1. The van der Waals surface area contributed by atoms with Crippen LogP contribution >= 0.6 is 15.9 Å². The Labute approximate surface area is 121 Å². The van der Waals surface area contributed by atoms with Crippen LogP contribution in [0.2, 0.25) is 0 Å². The topological polar surface area (TPSA) is 40.5 Å². The maximum Gasteiger partial charge on any atom is 0.226 e. The lowest BCUT2D eigenvalue weighted by molar-refractivity contribution is -0.134. The normalized spacial score (nSPS) is 29.6. The van der Waals surface area contributed by atoms with E-state index in [9.17, 15) is 9.90 Å². The predicted molar refractivity (Wildman–Crippen MR) is 76.8 cm³/mol. The molecule has 3 rings (SSSR count). The molecule has 1 amide bonds. The van der Waals surface area contributed by atoms with Gasteiger partial charge in [-0.1, -0.05) is 28.1 Å². The molecule has 102 valence electrons. The summed E-state index contributed by atoms with van der Waals surface area (Å²) in [4.78, 5) is 14.3.